The molecule has 0 bridgehead atoms. The first-order valence-corrected chi connectivity index (χ1v) is 9.16. The van der Waals surface area contributed by atoms with E-state index in [0.29, 0.717) is 25.7 Å². The van der Waals surface area contributed by atoms with Crippen LogP contribution in [0.4, 0.5) is 0 Å². The van der Waals surface area contributed by atoms with E-state index in [9.17, 15) is 0 Å². The molecule has 6 nitrogen and oxygen atoms in total. The summed E-state index contributed by atoms with van der Waals surface area (Å²) < 4.78 is 10.7. The Morgan fingerprint density at radius 3 is 3.04 bits per heavy atom. The molecule has 2 heterocycles. The summed E-state index contributed by atoms with van der Waals surface area (Å²) in [6, 6.07) is 10.3. The number of methoxy groups -OCH3 is 1. The third-order valence-electron chi connectivity index (χ3n) is 4.74. The van der Waals surface area contributed by atoms with Crippen molar-refractivity contribution in [1.29, 1.82) is 0 Å². The van der Waals surface area contributed by atoms with Crippen molar-refractivity contribution in [3.05, 3.63) is 42.1 Å². The summed E-state index contributed by atoms with van der Waals surface area (Å²) in [5, 5.41) is 4.66. The van der Waals surface area contributed by atoms with E-state index in [-0.39, 0.29) is 0 Å². The second-order valence-electron chi connectivity index (χ2n) is 6.56. The van der Waals surface area contributed by atoms with Crippen LogP contribution in [-0.4, -0.2) is 62.9 Å². The second-order valence-corrected chi connectivity index (χ2v) is 6.56. The lowest BCUT2D eigenvalue weighted by atomic mass is 10.1. The molecule has 3 rings (SSSR count). The van der Waals surface area contributed by atoms with Crippen LogP contribution in [0.3, 0.4) is 0 Å². The van der Waals surface area contributed by atoms with E-state index in [2.05, 4.69) is 44.5 Å². The summed E-state index contributed by atoms with van der Waals surface area (Å²) in [6.07, 6.45) is 2.97. The predicted molar refractivity (Wildman–Crippen MR) is 104 cm³/mol. The minimum atomic E-state index is 0.546. The van der Waals surface area contributed by atoms with Crippen LogP contribution in [0.25, 0.3) is 10.9 Å². The molecular weight excluding hydrogens is 328 g/mol. The number of hydrogen-bond donors (Lipinski definition) is 1. The highest BCUT2D eigenvalue weighted by molar-refractivity contribution is 5.83. The van der Waals surface area contributed by atoms with Crippen molar-refractivity contribution in [1.82, 2.24) is 15.2 Å². The van der Waals surface area contributed by atoms with E-state index < -0.39 is 0 Å². The number of pyridine rings is 1. The lowest BCUT2D eigenvalue weighted by molar-refractivity contribution is 0.0536. The Morgan fingerprint density at radius 1 is 1.31 bits per heavy atom. The average Bonchev–Trinajstić information content (AvgIpc) is 3.14. The Hall–Kier alpha value is -2.18. The van der Waals surface area contributed by atoms with Crippen LogP contribution in [0.5, 0.6) is 0 Å². The fraction of sp³-hybridized carbons (Fsp3) is 0.500. The molecular formula is C20H28N4O2. The molecule has 1 saturated heterocycles. The van der Waals surface area contributed by atoms with Gasteiger partial charge in [0.25, 0.3) is 0 Å². The number of likely N-dealkylation sites (tertiary alicyclic amines) is 1. The molecule has 1 aliphatic rings. The van der Waals surface area contributed by atoms with Crippen LogP contribution in [0.15, 0.2) is 41.5 Å². The van der Waals surface area contributed by atoms with Crippen LogP contribution in [0.2, 0.25) is 0 Å². The number of nitrogens with one attached hydrogen (secondary N) is 1. The van der Waals surface area contributed by atoms with Crippen molar-refractivity contribution in [2.75, 3.05) is 47.1 Å². The molecule has 26 heavy (non-hydrogen) atoms. The average molecular weight is 356 g/mol. The zero-order valence-electron chi connectivity index (χ0n) is 15.6. The maximum Gasteiger partial charge on any atom is 0.193 e. The number of nitrogens with zero attached hydrogens (tertiary/aromatic N) is 3. The minimum absolute atomic E-state index is 0.546. The number of guanidine groups is 1. The first-order valence-electron chi connectivity index (χ1n) is 9.16. The smallest absolute Gasteiger partial charge is 0.193 e. The Labute approximate surface area is 155 Å². The lowest BCUT2D eigenvalue weighted by Crippen LogP contribution is -2.39. The van der Waals surface area contributed by atoms with Gasteiger partial charge < -0.3 is 19.7 Å². The molecule has 1 atom stereocenters. The van der Waals surface area contributed by atoms with Crippen LogP contribution >= 0.6 is 0 Å². The number of rotatable bonds is 7. The molecule has 0 radical (unpaired) electrons. The van der Waals surface area contributed by atoms with E-state index in [1.165, 1.54) is 5.56 Å². The van der Waals surface area contributed by atoms with Crippen LogP contribution in [0, 0.1) is 5.92 Å². The summed E-state index contributed by atoms with van der Waals surface area (Å²) in [7, 11) is 3.54. The third kappa shape index (κ3) is 4.71. The molecule has 1 aromatic carbocycles. The number of benzene rings is 1. The SMILES string of the molecule is CN=C(NCc1cccc2cccnc12)N1CCC(COCCOC)C1. The standard InChI is InChI=1S/C20H28N4O2/c1-21-20(24-10-8-16(14-24)15-26-12-11-25-2)23-13-18-6-3-5-17-7-4-9-22-19(17)18/h3-7,9,16H,8,10-15H2,1-2H3,(H,21,23). The quantitative estimate of drug-likeness (QED) is 0.469. The molecule has 0 amide bonds. The van der Waals surface area contributed by atoms with Gasteiger partial charge in [-0.1, -0.05) is 24.3 Å². The fourth-order valence-electron chi connectivity index (χ4n) is 3.37. The molecule has 1 fully saturated rings. The van der Waals surface area contributed by atoms with E-state index in [0.717, 1.165) is 43.0 Å². The number of para-hydroxylation sites is 1. The van der Waals surface area contributed by atoms with Gasteiger partial charge in [0.1, 0.15) is 0 Å². The molecule has 0 aliphatic carbocycles. The molecule has 0 saturated carbocycles. The molecule has 1 unspecified atom stereocenters. The predicted octanol–water partition coefficient (Wildman–Crippen LogP) is 2.30. The normalized spacial score (nSPS) is 17.8. The van der Waals surface area contributed by atoms with Crippen molar-refractivity contribution in [2.24, 2.45) is 10.9 Å². The van der Waals surface area contributed by atoms with Gasteiger partial charge in [-0.25, -0.2) is 0 Å². The Balaban J connectivity index is 1.54. The Bertz CT molecular complexity index is 729. The van der Waals surface area contributed by atoms with Gasteiger partial charge in [-0.15, -0.1) is 0 Å². The zero-order chi connectivity index (χ0) is 18.2. The molecule has 6 heteroatoms. The number of aromatic nitrogens is 1. The Morgan fingerprint density at radius 2 is 2.19 bits per heavy atom. The fourth-order valence-corrected chi connectivity index (χ4v) is 3.37. The Kier molecular flexibility index (Phi) is 6.80. The van der Waals surface area contributed by atoms with Crippen LogP contribution in [0.1, 0.15) is 12.0 Å². The topological polar surface area (TPSA) is 59.0 Å². The van der Waals surface area contributed by atoms with Gasteiger partial charge in [0.2, 0.25) is 0 Å². The minimum Gasteiger partial charge on any atom is -0.382 e. The van der Waals surface area contributed by atoms with Crippen molar-refractivity contribution in [2.45, 2.75) is 13.0 Å². The highest BCUT2D eigenvalue weighted by Gasteiger charge is 2.25. The largest absolute Gasteiger partial charge is 0.382 e. The molecule has 140 valence electrons. The van der Waals surface area contributed by atoms with Crippen molar-refractivity contribution < 1.29 is 9.47 Å². The highest BCUT2D eigenvalue weighted by Crippen LogP contribution is 2.18. The molecule has 1 N–H and O–H groups in total. The molecule has 1 aliphatic heterocycles. The molecule has 0 spiro atoms. The summed E-state index contributed by atoms with van der Waals surface area (Å²) in [5.74, 6) is 1.49. The van der Waals surface area contributed by atoms with Crippen LogP contribution in [-0.2, 0) is 16.0 Å². The maximum atomic E-state index is 5.68. The summed E-state index contributed by atoms with van der Waals surface area (Å²) >= 11 is 0. The second kappa shape index (κ2) is 9.50. The monoisotopic (exact) mass is 356 g/mol. The molecule has 1 aromatic heterocycles. The lowest BCUT2D eigenvalue weighted by Gasteiger charge is -2.22. The van der Waals surface area contributed by atoms with Gasteiger partial charge in [0, 0.05) is 51.3 Å². The first-order chi connectivity index (χ1) is 12.8. The van der Waals surface area contributed by atoms with Gasteiger partial charge in [0.05, 0.1) is 25.3 Å². The third-order valence-corrected chi connectivity index (χ3v) is 4.74. The summed E-state index contributed by atoms with van der Waals surface area (Å²) in [6.45, 7) is 4.79. The van der Waals surface area contributed by atoms with Gasteiger partial charge in [-0.2, -0.15) is 0 Å². The van der Waals surface area contributed by atoms with Crippen molar-refractivity contribution in [3.63, 3.8) is 0 Å². The van der Waals surface area contributed by atoms with Gasteiger partial charge in [-0.3, -0.25) is 9.98 Å². The van der Waals surface area contributed by atoms with E-state index in [4.69, 9.17) is 9.47 Å². The van der Waals surface area contributed by atoms with Gasteiger partial charge >= 0.3 is 0 Å². The van der Waals surface area contributed by atoms with E-state index in [1.54, 1.807) is 7.11 Å². The van der Waals surface area contributed by atoms with Gasteiger partial charge in [-0.05, 0) is 18.1 Å². The van der Waals surface area contributed by atoms with E-state index >= 15 is 0 Å². The van der Waals surface area contributed by atoms with Crippen LogP contribution < -0.4 is 5.32 Å². The van der Waals surface area contributed by atoms with Gasteiger partial charge in [0.15, 0.2) is 5.96 Å². The van der Waals surface area contributed by atoms with Crippen molar-refractivity contribution >= 4 is 16.9 Å². The summed E-state index contributed by atoms with van der Waals surface area (Å²) in [4.78, 5) is 11.3. The summed E-state index contributed by atoms with van der Waals surface area (Å²) in [5.41, 5.74) is 2.23. The molecule has 2 aromatic rings. The van der Waals surface area contributed by atoms with Crippen molar-refractivity contribution in [3.8, 4) is 0 Å². The number of fused-ring (bicyclic) bond motifs is 1. The van der Waals surface area contributed by atoms with E-state index in [1.807, 2.05) is 19.3 Å². The first kappa shape index (κ1) is 18.6. The number of aliphatic imine (C=N–C) groups is 1. The maximum absolute atomic E-state index is 5.68. The highest BCUT2D eigenvalue weighted by atomic mass is 16.5. The number of hydrogen-bond acceptors (Lipinski definition) is 4. The zero-order valence-corrected chi connectivity index (χ0v) is 15.6. The number of ether oxygens (including phenoxy) is 2.